The Hall–Kier alpha value is -4.25. The fraction of sp³-hybridized carbons (Fsp3) is 0.355. The molecular formula is C31H35N5O5S. The van der Waals surface area contributed by atoms with Crippen LogP contribution in [0.15, 0.2) is 67.0 Å². The van der Waals surface area contributed by atoms with Crippen molar-refractivity contribution in [3.8, 4) is 0 Å². The van der Waals surface area contributed by atoms with Crippen LogP contribution in [0, 0.1) is 0 Å². The lowest BCUT2D eigenvalue weighted by Crippen LogP contribution is -2.40. The van der Waals surface area contributed by atoms with E-state index in [1.54, 1.807) is 61.6 Å². The number of hydrogen-bond acceptors (Lipinski definition) is 7. The minimum atomic E-state index is -4.00. The van der Waals surface area contributed by atoms with Gasteiger partial charge in [0.15, 0.2) is 5.65 Å². The van der Waals surface area contributed by atoms with Crippen LogP contribution in [0.1, 0.15) is 62.3 Å². The topological polar surface area (TPSA) is 123 Å². The highest BCUT2D eigenvalue weighted by Crippen LogP contribution is 2.38. The van der Waals surface area contributed by atoms with Crippen LogP contribution in [0.2, 0.25) is 0 Å². The van der Waals surface area contributed by atoms with Gasteiger partial charge < -0.3 is 15.0 Å². The number of rotatable bonds is 5. The summed E-state index contributed by atoms with van der Waals surface area (Å²) in [6, 6.07) is 8.91. The van der Waals surface area contributed by atoms with Crippen molar-refractivity contribution in [1.82, 2.24) is 24.2 Å². The maximum atomic E-state index is 14.4. The first-order chi connectivity index (χ1) is 19.8. The van der Waals surface area contributed by atoms with E-state index in [1.165, 1.54) is 3.97 Å². The second-order valence-corrected chi connectivity index (χ2v) is 13.9. The number of nitrogens with zero attached hydrogens (tertiary/aromatic N) is 4. The Bertz CT molecular complexity index is 1750. The van der Waals surface area contributed by atoms with Gasteiger partial charge in [0.1, 0.15) is 16.0 Å². The molecule has 220 valence electrons. The van der Waals surface area contributed by atoms with E-state index in [-0.39, 0.29) is 12.3 Å². The van der Waals surface area contributed by atoms with Gasteiger partial charge in [-0.05, 0) is 81.5 Å². The van der Waals surface area contributed by atoms with E-state index < -0.39 is 26.5 Å². The largest absolute Gasteiger partial charge is 0.444 e. The van der Waals surface area contributed by atoms with Gasteiger partial charge in [0.25, 0.3) is 5.91 Å². The van der Waals surface area contributed by atoms with Crippen LogP contribution >= 0.6 is 0 Å². The molecule has 2 aliphatic rings. The Morgan fingerprint density at radius 2 is 1.90 bits per heavy atom. The minimum Gasteiger partial charge on any atom is -0.444 e. The smallest absolute Gasteiger partial charge is 0.410 e. The third-order valence-corrected chi connectivity index (χ3v) is 9.77. The summed E-state index contributed by atoms with van der Waals surface area (Å²) in [6.45, 7) is 7.90. The highest BCUT2D eigenvalue weighted by molar-refractivity contribution is 7.91. The first-order valence-corrected chi connectivity index (χ1v) is 15.2. The van der Waals surface area contributed by atoms with Gasteiger partial charge in [-0.15, -0.1) is 0 Å². The zero-order chi connectivity index (χ0) is 30.3. The summed E-state index contributed by atoms with van der Waals surface area (Å²) in [5.74, 6) is -0.276. The van der Waals surface area contributed by atoms with E-state index in [0.717, 1.165) is 16.7 Å². The molecule has 0 radical (unpaired) electrons. The molecule has 0 saturated heterocycles. The highest BCUT2D eigenvalue weighted by atomic mass is 32.2. The van der Waals surface area contributed by atoms with E-state index in [1.807, 2.05) is 45.1 Å². The van der Waals surface area contributed by atoms with Gasteiger partial charge in [-0.25, -0.2) is 22.2 Å². The molecule has 0 saturated carbocycles. The highest BCUT2D eigenvalue weighted by Gasteiger charge is 2.41. The number of allylic oxidation sites excluding steroid dienone is 3. The van der Waals surface area contributed by atoms with Crippen molar-refractivity contribution in [2.75, 3.05) is 20.1 Å². The molecule has 1 atom stereocenters. The van der Waals surface area contributed by atoms with Gasteiger partial charge in [0.05, 0.1) is 5.69 Å². The van der Waals surface area contributed by atoms with Crippen LogP contribution in [-0.4, -0.2) is 69.7 Å². The summed E-state index contributed by atoms with van der Waals surface area (Å²) in [5, 5.41) is 3.26. The fourth-order valence-corrected chi connectivity index (χ4v) is 6.79. The lowest BCUT2D eigenvalue weighted by atomic mass is 9.94. The van der Waals surface area contributed by atoms with E-state index in [4.69, 9.17) is 4.74 Å². The van der Waals surface area contributed by atoms with Gasteiger partial charge in [0, 0.05) is 37.9 Å². The second-order valence-electron chi connectivity index (χ2n) is 11.6. The van der Waals surface area contributed by atoms with Crippen molar-refractivity contribution in [3.63, 3.8) is 0 Å². The van der Waals surface area contributed by atoms with Crippen LogP contribution in [0.25, 0.3) is 22.2 Å². The van der Waals surface area contributed by atoms with Crippen molar-refractivity contribution in [1.29, 1.82) is 0 Å². The number of nitrogens with one attached hydrogen (secondary N) is 1. The number of fused-ring (bicyclic) bond motifs is 1. The molecule has 11 heteroatoms. The standard InChI is InChI=1S/C31H35N5O5S/c1-30(2,3)41-29(38)35-17-12-22(13-18-35)26-19-23-7-6-16-33-27(23)36(26)42(39,40)31(4)14-10-21(11-15-31)24-8-9-25(34-20-24)28(37)32-5/h6-12,14,16,19-20H,13,15,17-18H2,1-5H3,(H,32,37). The number of aromatic nitrogens is 3. The van der Waals surface area contributed by atoms with Crippen LogP contribution < -0.4 is 5.32 Å². The third kappa shape index (κ3) is 5.48. The Balaban J connectivity index is 1.46. The van der Waals surface area contributed by atoms with Crippen molar-refractivity contribution < 1.29 is 22.7 Å². The first kappa shape index (κ1) is 29.2. The average molecular weight is 590 g/mol. The molecule has 0 spiro atoms. The average Bonchev–Trinajstić information content (AvgIpc) is 3.37. The number of amides is 2. The molecule has 2 amide bonds. The lowest BCUT2D eigenvalue weighted by molar-refractivity contribution is 0.0270. The van der Waals surface area contributed by atoms with E-state index in [0.29, 0.717) is 41.9 Å². The quantitative estimate of drug-likeness (QED) is 0.454. The lowest BCUT2D eigenvalue weighted by Gasteiger charge is -2.31. The van der Waals surface area contributed by atoms with Crippen LogP contribution in [0.4, 0.5) is 4.79 Å². The molecule has 1 N–H and O–H groups in total. The van der Waals surface area contributed by atoms with Gasteiger partial charge in [-0.2, -0.15) is 0 Å². The molecule has 0 fully saturated rings. The van der Waals surface area contributed by atoms with Crippen molar-refractivity contribution in [2.45, 2.75) is 50.9 Å². The van der Waals surface area contributed by atoms with Crippen molar-refractivity contribution in [3.05, 3.63) is 84.0 Å². The van der Waals surface area contributed by atoms with Crippen molar-refractivity contribution >= 4 is 44.2 Å². The van der Waals surface area contributed by atoms with E-state index >= 15 is 0 Å². The maximum Gasteiger partial charge on any atom is 0.410 e. The number of hydrogen-bond donors (Lipinski definition) is 1. The zero-order valence-corrected chi connectivity index (χ0v) is 25.2. The Morgan fingerprint density at radius 1 is 1.12 bits per heavy atom. The summed E-state index contributed by atoms with van der Waals surface area (Å²) in [4.78, 5) is 34.7. The van der Waals surface area contributed by atoms with Crippen LogP contribution in [0.5, 0.6) is 0 Å². The number of pyridine rings is 2. The monoisotopic (exact) mass is 589 g/mol. The Labute approximate surface area is 245 Å². The number of ether oxygens (including phenoxy) is 1. The molecule has 4 heterocycles. The molecule has 1 aliphatic carbocycles. The summed E-state index contributed by atoms with van der Waals surface area (Å²) in [5.41, 5.74) is 3.06. The number of carbonyl (C=O) groups excluding carboxylic acids is 2. The normalized spacial score (nSPS) is 19.3. The van der Waals surface area contributed by atoms with Gasteiger partial charge in [-0.3, -0.25) is 9.78 Å². The van der Waals surface area contributed by atoms with Gasteiger partial charge >= 0.3 is 6.09 Å². The summed E-state index contributed by atoms with van der Waals surface area (Å²) < 4.78 is 34.5. The predicted molar refractivity (Wildman–Crippen MR) is 162 cm³/mol. The second kappa shape index (κ2) is 10.9. The molecule has 10 nitrogen and oxygen atoms in total. The van der Waals surface area contributed by atoms with E-state index in [9.17, 15) is 18.0 Å². The molecule has 1 unspecified atom stereocenters. The molecule has 5 rings (SSSR count). The van der Waals surface area contributed by atoms with Crippen molar-refractivity contribution in [2.24, 2.45) is 0 Å². The fourth-order valence-electron chi connectivity index (χ4n) is 5.03. The maximum absolute atomic E-state index is 14.4. The van der Waals surface area contributed by atoms with Crippen LogP contribution in [-0.2, 0) is 14.8 Å². The van der Waals surface area contributed by atoms with Gasteiger partial charge in [0.2, 0.25) is 10.0 Å². The SMILES string of the molecule is CNC(=O)c1ccc(C2=CCC(C)(S(=O)(=O)n3c(C4=CCN(C(=O)OC(C)(C)C)CC4)cc4cccnc43)C=C2)cn1. The predicted octanol–water partition coefficient (Wildman–Crippen LogP) is 4.80. The molecule has 42 heavy (non-hydrogen) atoms. The Morgan fingerprint density at radius 3 is 2.50 bits per heavy atom. The molecule has 0 aromatic carbocycles. The van der Waals surface area contributed by atoms with Gasteiger partial charge in [-0.1, -0.05) is 30.4 Å². The number of carbonyl (C=O) groups is 2. The molecule has 3 aromatic rings. The van der Waals surface area contributed by atoms with E-state index in [2.05, 4.69) is 15.3 Å². The molecule has 1 aliphatic heterocycles. The molecule has 3 aromatic heterocycles. The Kier molecular flexibility index (Phi) is 7.57. The molecular weight excluding hydrogens is 554 g/mol. The zero-order valence-electron chi connectivity index (χ0n) is 24.4. The minimum absolute atomic E-state index is 0.232. The summed E-state index contributed by atoms with van der Waals surface area (Å²) in [7, 11) is -2.45. The summed E-state index contributed by atoms with van der Waals surface area (Å²) in [6.07, 6.45) is 10.8. The summed E-state index contributed by atoms with van der Waals surface area (Å²) >= 11 is 0. The van der Waals surface area contributed by atoms with Crippen LogP contribution in [0.3, 0.4) is 0 Å². The molecule has 0 bridgehead atoms. The first-order valence-electron chi connectivity index (χ1n) is 13.8. The third-order valence-electron chi connectivity index (χ3n) is 7.44.